The number of amides is 1. The Labute approximate surface area is 119 Å². The SMILES string of the molecule is O=C(NCC1CCCC(O)C1)c1n[nH]c2c1CCCC2. The van der Waals surface area contributed by atoms with Gasteiger partial charge in [0.05, 0.1) is 6.10 Å². The largest absolute Gasteiger partial charge is 0.393 e. The van der Waals surface area contributed by atoms with Crippen molar-refractivity contribution in [2.24, 2.45) is 5.92 Å². The first-order valence-electron chi connectivity index (χ1n) is 7.76. The van der Waals surface area contributed by atoms with Crippen LogP contribution in [0.2, 0.25) is 0 Å². The Morgan fingerprint density at radius 3 is 3.00 bits per heavy atom. The van der Waals surface area contributed by atoms with Crippen LogP contribution in [0.4, 0.5) is 0 Å². The molecule has 1 saturated carbocycles. The zero-order chi connectivity index (χ0) is 13.9. The summed E-state index contributed by atoms with van der Waals surface area (Å²) in [6.07, 6.45) is 7.94. The summed E-state index contributed by atoms with van der Waals surface area (Å²) in [5, 5.41) is 19.8. The van der Waals surface area contributed by atoms with Crippen molar-refractivity contribution in [3.05, 3.63) is 17.0 Å². The molecular weight excluding hydrogens is 254 g/mol. The molecule has 5 nitrogen and oxygen atoms in total. The number of carbonyl (C=O) groups is 1. The maximum Gasteiger partial charge on any atom is 0.272 e. The summed E-state index contributed by atoms with van der Waals surface area (Å²) in [6.45, 7) is 0.650. The van der Waals surface area contributed by atoms with Gasteiger partial charge in [0.25, 0.3) is 5.91 Å². The highest BCUT2D eigenvalue weighted by atomic mass is 16.3. The van der Waals surface area contributed by atoms with E-state index in [-0.39, 0.29) is 12.0 Å². The molecule has 0 bridgehead atoms. The molecule has 0 spiro atoms. The Hall–Kier alpha value is -1.36. The van der Waals surface area contributed by atoms with Crippen LogP contribution < -0.4 is 5.32 Å². The molecule has 1 amide bonds. The molecule has 0 saturated heterocycles. The van der Waals surface area contributed by atoms with E-state index in [0.717, 1.165) is 56.2 Å². The van der Waals surface area contributed by atoms with Crippen molar-refractivity contribution in [2.75, 3.05) is 6.54 Å². The highest BCUT2D eigenvalue weighted by Gasteiger charge is 2.24. The van der Waals surface area contributed by atoms with Gasteiger partial charge in [-0.3, -0.25) is 9.89 Å². The molecule has 2 aliphatic rings. The summed E-state index contributed by atoms with van der Waals surface area (Å²) < 4.78 is 0. The number of aromatic amines is 1. The fraction of sp³-hybridized carbons (Fsp3) is 0.733. The second-order valence-electron chi connectivity index (χ2n) is 6.13. The number of aromatic nitrogens is 2. The Balaban J connectivity index is 1.58. The zero-order valence-electron chi connectivity index (χ0n) is 11.8. The number of hydrogen-bond donors (Lipinski definition) is 3. The maximum absolute atomic E-state index is 12.2. The third-order valence-electron chi connectivity index (χ3n) is 4.58. The highest BCUT2D eigenvalue weighted by Crippen LogP contribution is 2.24. The monoisotopic (exact) mass is 277 g/mol. The van der Waals surface area contributed by atoms with E-state index in [0.29, 0.717) is 18.2 Å². The van der Waals surface area contributed by atoms with Gasteiger partial charge in [0, 0.05) is 17.8 Å². The van der Waals surface area contributed by atoms with Crippen molar-refractivity contribution in [3.63, 3.8) is 0 Å². The van der Waals surface area contributed by atoms with Crippen molar-refractivity contribution < 1.29 is 9.90 Å². The van der Waals surface area contributed by atoms with E-state index in [9.17, 15) is 9.90 Å². The fourth-order valence-electron chi connectivity index (χ4n) is 3.44. The van der Waals surface area contributed by atoms with Crippen molar-refractivity contribution in [2.45, 2.75) is 57.5 Å². The van der Waals surface area contributed by atoms with E-state index in [2.05, 4.69) is 15.5 Å². The Morgan fingerprint density at radius 2 is 2.15 bits per heavy atom. The van der Waals surface area contributed by atoms with Gasteiger partial charge >= 0.3 is 0 Å². The number of fused-ring (bicyclic) bond motifs is 1. The third kappa shape index (κ3) is 2.87. The highest BCUT2D eigenvalue weighted by molar-refractivity contribution is 5.94. The fourth-order valence-corrected chi connectivity index (χ4v) is 3.44. The van der Waals surface area contributed by atoms with Crippen LogP contribution in [0.25, 0.3) is 0 Å². The number of nitrogens with one attached hydrogen (secondary N) is 2. The van der Waals surface area contributed by atoms with Crippen molar-refractivity contribution in [1.29, 1.82) is 0 Å². The molecule has 1 fully saturated rings. The van der Waals surface area contributed by atoms with Gasteiger partial charge < -0.3 is 10.4 Å². The van der Waals surface area contributed by atoms with Gasteiger partial charge in [0.2, 0.25) is 0 Å². The first-order chi connectivity index (χ1) is 9.74. The molecule has 5 heteroatoms. The molecule has 2 atom stereocenters. The summed E-state index contributed by atoms with van der Waals surface area (Å²) in [5.74, 6) is 0.335. The molecular formula is C15H23N3O2. The van der Waals surface area contributed by atoms with Crippen LogP contribution in [0.3, 0.4) is 0 Å². The number of rotatable bonds is 3. The van der Waals surface area contributed by atoms with Gasteiger partial charge in [-0.1, -0.05) is 6.42 Å². The predicted molar refractivity (Wildman–Crippen MR) is 75.5 cm³/mol. The summed E-state index contributed by atoms with van der Waals surface area (Å²) in [4.78, 5) is 12.2. The minimum absolute atomic E-state index is 0.0653. The van der Waals surface area contributed by atoms with Crippen molar-refractivity contribution in [3.8, 4) is 0 Å². The topological polar surface area (TPSA) is 78.0 Å². The molecule has 1 aromatic rings. The van der Waals surface area contributed by atoms with E-state index in [1.165, 1.54) is 6.42 Å². The standard InChI is InChI=1S/C15H23N3O2/c19-11-5-3-4-10(8-11)9-16-15(20)14-12-6-1-2-7-13(12)17-18-14/h10-11,19H,1-9H2,(H,16,20)(H,17,18). The second kappa shape index (κ2) is 5.95. The molecule has 0 radical (unpaired) electrons. The minimum atomic E-state index is -0.191. The normalized spacial score (nSPS) is 26.1. The third-order valence-corrected chi connectivity index (χ3v) is 4.58. The second-order valence-corrected chi connectivity index (χ2v) is 6.13. The summed E-state index contributed by atoms with van der Waals surface area (Å²) in [7, 11) is 0. The van der Waals surface area contributed by atoms with Crippen LogP contribution in [0.15, 0.2) is 0 Å². The Bertz CT molecular complexity index is 483. The van der Waals surface area contributed by atoms with Crippen molar-refractivity contribution >= 4 is 5.91 Å². The molecule has 3 N–H and O–H groups in total. The molecule has 1 heterocycles. The number of hydrogen-bond acceptors (Lipinski definition) is 3. The number of aliphatic hydroxyl groups is 1. The van der Waals surface area contributed by atoms with Gasteiger partial charge in [-0.05, 0) is 50.9 Å². The Morgan fingerprint density at radius 1 is 1.30 bits per heavy atom. The van der Waals surface area contributed by atoms with Crippen LogP contribution in [-0.4, -0.2) is 33.9 Å². The summed E-state index contributed by atoms with van der Waals surface area (Å²) >= 11 is 0. The maximum atomic E-state index is 12.2. The molecule has 3 rings (SSSR count). The van der Waals surface area contributed by atoms with Crippen LogP contribution in [0.5, 0.6) is 0 Å². The lowest BCUT2D eigenvalue weighted by Gasteiger charge is -2.25. The number of H-pyrrole nitrogens is 1. The van der Waals surface area contributed by atoms with E-state index in [1.807, 2.05) is 0 Å². The number of carbonyl (C=O) groups excluding carboxylic acids is 1. The van der Waals surface area contributed by atoms with Gasteiger partial charge in [-0.15, -0.1) is 0 Å². The van der Waals surface area contributed by atoms with Gasteiger partial charge in [-0.25, -0.2) is 0 Å². The van der Waals surface area contributed by atoms with Gasteiger partial charge in [0.15, 0.2) is 5.69 Å². The number of aryl methyl sites for hydroxylation is 1. The van der Waals surface area contributed by atoms with E-state index in [4.69, 9.17) is 0 Å². The molecule has 1 aromatic heterocycles. The average molecular weight is 277 g/mol. The minimum Gasteiger partial charge on any atom is -0.393 e. The first-order valence-corrected chi connectivity index (χ1v) is 7.76. The molecule has 0 aromatic carbocycles. The Kier molecular flexibility index (Phi) is 4.05. The van der Waals surface area contributed by atoms with Crippen LogP contribution in [0, 0.1) is 5.92 Å². The smallest absolute Gasteiger partial charge is 0.272 e. The molecule has 0 aliphatic heterocycles. The van der Waals surface area contributed by atoms with Crippen LogP contribution in [0.1, 0.15) is 60.3 Å². The molecule has 2 unspecified atom stereocenters. The predicted octanol–water partition coefficient (Wildman–Crippen LogP) is 1.57. The molecule has 110 valence electrons. The number of aliphatic hydroxyl groups excluding tert-OH is 1. The lowest BCUT2D eigenvalue weighted by Crippen LogP contribution is -2.33. The lowest BCUT2D eigenvalue weighted by atomic mass is 9.87. The molecule has 20 heavy (non-hydrogen) atoms. The average Bonchev–Trinajstić information content (AvgIpc) is 2.89. The van der Waals surface area contributed by atoms with E-state index in [1.54, 1.807) is 0 Å². The zero-order valence-corrected chi connectivity index (χ0v) is 11.8. The van der Waals surface area contributed by atoms with Crippen LogP contribution in [-0.2, 0) is 12.8 Å². The van der Waals surface area contributed by atoms with E-state index < -0.39 is 0 Å². The molecule has 2 aliphatic carbocycles. The number of nitrogens with zero attached hydrogens (tertiary/aromatic N) is 1. The van der Waals surface area contributed by atoms with Crippen LogP contribution >= 0.6 is 0 Å². The first kappa shape index (κ1) is 13.6. The van der Waals surface area contributed by atoms with E-state index >= 15 is 0 Å². The lowest BCUT2D eigenvalue weighted by molar-refractivity contribution is 0.0869. The van der Waals surface area contributed by atoms with Crippen molar-refractivity contribution in [1.82, 2.24) is 15.5 Å². The quantitative estimate of drug-likeness (QED) is 0.784. The summed E-state index contributed by atoms with van der Waals surface area (Å²) in [5.41, 5.74) is 2.82. The van der Waals surface area contributed by atoms with Gasteiger partial charge in [-0.2, -0.15) is 5.10 Å². The summed E-state index contributed by atoms with van der Waals surface area (Å²) in [6, 6.07) is 0. The van der Waals surface area contributed by atoms with Gasteiger partial charge in [0.1, 0.15) is 0 Å².